The molecule has 0 saturated carbocycles. The van der Waals surface area contributed by atoms with Gasteiger partial charge in [0.25, 0.3) is 5.56 Å². The van der Waals surface area contributed by atoms with E-state index in [0.717, 1.165) is 38.2 Å². The predicted octanol–water partition coefficient (Wildman–Crippen LogP) is 4.60. The number of piperidine rings is 1. The van der Waals surface area contributed by atoms with Crippen LogP contribution in [0.3, 0.4) is 0 Å². The maximum Gasteiger partial charge on any atom is 0.262 e. The number of rotatable bonds is 5. The van der Waals surface area contributed by atoms with Crippen molar-refractivity contribution in [1.29, 1.82) is 0 Å². The van der Waals surface area contributed by atoms with Crippen molar-refractivity contribution in [2.45, 2.75) is 61.2 Å². The van der Waals surface area contributed by atoms with E-state index < -0.39 is 5.60 Å². The van der Waals surface area contributed by atoms with Gasteiger partial charge in [-0.05, 0) is 61.8 Å². The van der Waals surface area contributed by atoms with Crippen molar-refractivity contribution >= 4 is 40.1 Å². The van der Waals surface area contributed by atoms with E-state index in [2.05, 4.69) is 39.1 Å². The highest BCUT2D eigenvalue weighted by Gasteiger charge is 2.45. The van der Waals surface area contributed by atoms with Crippen molar-refractivity contribution < 1.29 is 5.11 Å². The molecule has 1 saturated heterocycles. The normalized spacial score (nSPS) is 18.6. The summed E-state index contributed by atoms with van der Waals surface area (Å²) >= 11 is 8.05. The number of hydrogen-bond donors (Lipinski definition) is 2. The average Bonchev–Trinajstić information content (AvgIpc) is 3.18. The van der Waals surface area contributed by atoms with Crippen LogP contribution in [0.4, 0.5) is 5.82 Å². The Balaban J connectivity index is 1.16. The van der Waals surface area contributed by atoms with Crippen molar-refractivity contribution in [2.24, 2.45) is 11.1 Å². The maximum atomic E-state index is 13.1. The average molecular weight is 563 g/mol. The van der Waals surface area contributed by atoms with Crippen molar-refractivity contribution in [3.8, 4) is 0 Å². The molecule has 2 aromatic carbocycles. The molecule has 3 heterocycles. The van der Waals surface area contributed by atoms with E-state index >= 15 is 0 Å². The number of nitrogens with two attached hydrogens (primary N) is 1. The molecule has 2 aliphatic rings. The van der Waals surface area contributed by atoms with Crippen molar-refractivity contribution in [3.05, 3.63) is 81.6 Å². The van der Waals surface area contributed by atoms with Crippen LogP contribution < -0.4 is 16.2 Å². The van der Waals surface area contributed by atoms with E-state index in [1.54, 1.807) is 32.3 Å². The van der Waals surface area contributed by atoms with E-state index in [1.165, 1.54) is 33.8 Å². The third kappa shape index (κ3) is 4.93. The number of benzene rings is 2. The zero-order valence-electron chi connectivity index (χ0n) is 22.0. The molecule has 0 radical (unpaired) electrons. The van der Waals surface area contributed by atoms with Crippen LogP contribution in [0.15, 0.2) is 69.8 Å². The highest BCUT2D eigenvalue weighted by atomic mass is 35.5. The standard InChI is InChI=1S/C29H31ClN6O2S/c1-28(2,38)16-36-17-34-20-7-8-21(25(30)24(20)27(36)37)39-23-15-32-22(14-33-23)35-11-9-29(10-12-35)13-18-5-3-4-6-19(18)26(29)31/h3-8,14-15,17,26,38H,9-13,16,31H2,1-2H3/t26-/m1/s1. The third-order valence-corrected chi connectivity index (χ3v) is 9.44. The van der Waals surface area contributed by atoms with E-state index in [1.807, 2.05) is 6.07 Å². The molecule has 3 N–H and O–H groups in total. The van der Waals surface area contributed by atoms with Gasteiger partial charge in [0.15, 0.2) is 0 Å². The molecular weight excluding hydrogens is 532 g/mol. The highest BCUT2D eigenvalue weighted by Crippen LogP contribution is 2.50. The summed E-state index contributed by atoms with van der Waals surface area (Å²) in [4.78, 5) is 29.8. The summed E-state index contributed by atoms with van der Waals surface area (Å²) in [6.07, 6.45) is 8.08. The van der Waals surface area contributed by atoms with Gasteiger partial charge in [0.05, 0.1) is 46.8 Å². The second kappa shape index (κ2) is 9.89. The number of nitrogens with zero attached hydrogens (tertiary/aromatic N) is 5. The van der Waals surface area contributed by atoms with Crippen LogP contribution in [-0.2, 0) is 13.0 Å². The lowest BCUT2D eigenvalue weighted by molar-refractivity contribution is 0.0603. The fourth-order valence-electron chi connectivity index (χ4n) is 5.92. The molecule has 0 amide bonds. The minimum absolute atomic E-state index is 0.0851. The van der Waals surface area contributed by atoms with Gasteiger partial charge in [-0.15, -0.1) is 0 Å². The zero-order chi connectivity index (χ0) is 27.4. The molecule has 8 nitrogen and oxygen atoms in total. The largest absolute Gasteiger partial charge is 0.389 e. The van der Waals surface area contributed by atoms with Gasteiger partial charge in [-0.25, -0.2) is 15.0 Å². The van der Waals surface area contributed by atoms with Gasteiger partial charge in [0, 0.05) is 24.0 Å². The van der Waals surface area contributed by atoms with Crippen LogP contribution in [0.1, 0.15) is 43.9 Å². The summed E-state index contributed by atoms with van der Waals surface area (Å²) in [5.74, 6) is 0.849. The quantitative estimate of drug-likeness (QED) is 0.363. The second-order valence-electron chi connectivity index (χ2n) is 11.3. The fraction of sp³-hybridized carbons (Fsp3) is 0.379. The molecule has 1 atom stereocenters. The molecular formula is C29H31ClN6O2S. The molecule has 0 bridgehead atoms. The molecule has 0 unspecified atom stereocenters. The van der Waals surface area contributed by atoms with Gasteiger partial charge in [-0.3, -0.25) is 9.36 Å². The van der Waals surface area contributed by atoms with Crippen molar-refractivity contribution in [3.63, 3.8) is 0 Å². The number of aromatic nitrogens is 4. The van der Waals surface area contributed by atoms with Crippen LogP contribution in [0, 0.1) is 5.41 Å². The Hall–Kier alpha value is -2.98. The Bertz CT molecular complexity index is 1590. The molecule has 6 rings (SSSR count). The first-order valence-electron chi connectivity index (χ1n) is 13.1. The summed E-state index contributed by atoms with van der Waals surface area (Å²) in [7, 11) is 0. The highest BCUT2D eigenvalue weighted by molar-refractivity contribution is 7.99. The fourth-order valence-corrected chi connectivity index (χ4v) is 7.04. The predicted molar refractivity (Wildman–Crippen MR) is 154 cm³/mol. The van der Waals surface area contributed by atoms with Crippen molar-refractivity contribution in [2.75, 3.05) is 18.0 Å². The Labute approximate surface area is 236 Å². The van der Waals surface area contributed by atoms with Gasteiger partial charge in [-0.1, -0.05) is 47.6 Å². The van der Waals surface area contributed by atoms with Crippen LogP contribution in [0.5, 0.6) is 0 Å². The van der Waals surface area contributed by atoms with Gasteiger partial charge in [-0.2, -0.15) is 0 Å². The lowest BCUT2D eigenvalue weighted by Crippen LogP contribution is -2.44. The van der Waals surface area contributed by atoms with Gasteiger partial charge < -0.3 is 15.7 Å². The smallest absolute Gasteiger partial charge is 0.262 e. The summed E-state index contributed by atoms with van der Waals surface area (Å²) in [6, 6.07) is 12.3. The molecule has 10 heteroatoms. The molecule has 1 spiro atoms. The molecule has 1 aliphatic carbocycles. The summed E-state index contributed by atoms with van der Waals surface area (Å²) in [5.41, 5.74) is 8.70. The zero-order valence-corrected chi connectivity index (χ0v) is 23.5. The number of aliphatic hydroxyl groups is 1. The number of anilines is 1. The molecule has 1 aliphatic heterocycles. The van der Waals surface area contributed by atoms with E-state index in [-0.39, 0.29) is 23.6 Å². The number of hydrogen-bond acceptors (Lipinski definition) is 8. The molecule has 39 heavy (non-hydrogen) atoms. The molecule has 202 valence electrons. The Morgan fingerprint density at radius 3 is 2.59 bits per heavy atom. The van der Waals surface area contributed by atoms with Crippen LogP contribution in [-0.4, -0.2) is 43.3 Å². The first-order chi connectivity index (χ1) is 18.6. The summed E-state index contributed by atoms with van der Waals surface area (Å²) in [6.45, 7) is 5.19. The molecule has 2 aromatic heterocycles. The number of halogens is 1. The van der Waals surface area contributed by atoms with Gasteiger partial charge in [0.1, 0.15) is 10.8 Å². The third-order valence-electron chi connectivity index (χ3n) is 7.96. The van der Waals surface area contributed by atoms with Crippen LogP contribution in [0.2, 0.25) is 5.02 Å². The SMILES string of the molecule is CC(C)(O)Cn1cnc2ccc(Sc3cnc(N4CCC5(CC4)Cc4ccccc4[C@H]5N)cn3)c(Cl)c2c1=O. The lowest BCUT2D eigenvalue weighted by Gasteiger charge is -2.42. The Morgan fingerprint density at radius 2 is 1.90 bits per heavy atom. The van der Waals surface area contributed by atoms with Gasteiger partial charge in [0.2, 0.25) is 0 Å². The monoisotopic (exact) mass is 562 g/mol. The molecule has 4 aromatic rings. The first-order valence-corrected chi connectivity index (χ1v) is 14.3. The van der Waals surface area contributed by atoms with Crippen molar-refractivity contribution in [1.82, 2.24) is 19.5 Å². The first kappa shape index (κ1) is 26.3. The minimum Gasteiger partial charge on any atom is -0.389 e. The Kier molecular flexibility index (Phi) is 6.66. The van der Waals surface area contributed by atoms with Gasteiger partial charge >= 0.3 is 0 Å². The summed E-state index contributed by atoms with van der Waals surface area (Å²) in [5, 5.41) is 11.5. The van der Waals surface area contributed by atoms with E-state index in [4.69, 9.17) is 22.3 Å². The van der Waals surface area contributed by atoms with Crippen LogP contribution in [0.25, 0.3) is 10.9 Å². The maximum absolute atomic E-state index is 13.1. The van der Waals surface area contributed by atoms with E-state index in [9.17, 15) is 9.90 Å². The Morgan fingerprint density at radius 1 is 1.13 bits per heavy atom. The number of fused-ring (bicyclic) bond motifs is 2. The minimum atomic E-state index is -1.06. The second-order valence-corrected chi connectivity index (χ2v) is 12.7. The van der Waals surface area contributed by atoms with Crippen LogP contribution >= 0.6 is 23.4 Å². The van der Waals surface area contributed by atoms with E-state index in [0.29, 0.717) is 25.8 Å². The topological polar surface area (TPSA) is 110 Å². The molecule has 1 fully saturated rings. The lowest BCUT2D eigenvalue weighted by atomic mass is 9.73. The summed E-state index contributed by atoms with van der Waals surface area (Å²) < 4.78 is 1.39.